The molecule has 0 saturated carbocycles. The smallest absolute Gasteiger partial charge is 0.327 e. The number of rotatable bonds is 4. The van der Waals surface area contributed by atoms with Gasteiger partial charge in [0.15, 0.2) is 0 Å². The van der Waals surface area contributed by atoms with Crippen LogP contribution >= 0.6 is 31.8 Å². The molecular formula is C5H13Cl2O3P. The quantitative estimate of drug-likeness (QED) is 0.437. The molecule has 0 aromatic heterocycles. The summed E-state index contributed by atoms with van der Waals surface area (Å²) >= 11 is 9.53. The highest BCUT2D eigenvalue weighted by atomic mass is 35.5. The molecule has 0 rings (SSSR count). The zero-order chi connectivity index (χ0) is 9.11. The molecule has 0 spiro atoms. The van der Waals surface area contributed by atoms with E-state index in [-0.39, 0.29) is 5.34 Å². The zero-order valence-corrected chi connectivity index (χ0v) is 8.74. The van der Waals surface area contributed by atoms with Crippen molar-refractivity contribution in [2.24, 2.45) is 0 Å². The fourth-order valence-corrected chi connectivity index (χ4v) is 0.583. The summed E-state index contributed by atoms with van der Waals surface area (Å²) in [4.78, 5) is 16.4. The molecule has 0 unspecified atom stereocenters. The van der Waals surface area contributed by atoms with E-state index in [9.17, 15) is 0 Å². The number of halogens is 2. The molecule has 0 atom stereocenters. The molecule has 0 radical (unpaired) electrons. The maximum atomic E-state index is 8.18. The SMILES string of the molecule is CCCCOP(O)O.ClCCl. The summed E-state index contributed by atoms with van der Waals surface area (Å²) in [6.45, 7) is 2.47. The van der Waals surface area contributed by atoms with Gasteiger partial charge in [0.25, 0.3) is 0 Å². The van der Waals surface area contributed by atoms with E-state index in [4.69, 9.17) is 33.0 Å². The lowest BCUT2D eigenvalue weighted by Gasteiger charge is -1.99. The summed E-state index contributed by atoms with van der Waals surface area (Å²) < 4.78 is 4.46. The van der Waals surface area contributed by atoms with Crippen LogP contribution in [0.2, 0.25) is 0 Å². The van der Waals surface area contributed by atoms with E-state index in [1.807, 2.05) is 6.92 Å². The molecule has 70 valence electrons. The minimum atomic E-state index is -2.11. The molecule has 0 heterocycles. The molecule has 3 nitrogen and oxygen atoms in total. The van der Waals surface area contributed by atoms with Crippen molar-refractivity contribution in [2.75, 3.05) is 11.9 Å². The first kappa shape index (κ1) is 14.4. The molecule has 0 saturated heterocycles. The van der Waals surface area contributed by atoms with Crippen LogP contribution in [0.25, 0.3) is 0 Å². The van der Waals surface area contributed by atoms with Crippen molar-refractivity contribution in [1.82, 2.24) is 0 Å². The summed E-state index contributed by atoms with van der Waals surface area (Å²) in [6.07, 6.45) is 1.91. The van der Waals surface area contributed by atoms with Crippen LogP contribution in [0.4, 0.5) is 0 Å². The predicted octanol–water partition coefficient (Wildman–Crippen LogP) is 2.44. The van der Waals surface area contributed by atoms with Gasteiger partial charge in [0.2, 0.25) is 0 Å². The van der Waals surface area contributed by atoms with Gasteiger partial charge in [0.05, 0.1) is 11.9 Å². The van der Waals surface area contributed by atoms with Crippen molar-refractivity contribution in [3.8, 4) is 0 Å². The van der Waals surface area contributed by atoms with Crippen LogP contribution in [0.15, 0.2) is 0 Å². The lowest BCUT2D eigenvalue weighted by molar-refractivity contribution is 0.251. The lowest BCUT2D eigenvalue weighted by Crippen LogP contribution is -1.86. The zero-order valence-electron chi connectivity index (χ0n) is 6.33. The van der Waals surface area contributed by atoms with Crippen molar-refractivity contribution in [3.63, 3.8) is 0 Å². The maximum Gasteiger partial charge on any atom is 0.327 e. The largest absolute Gasteiger partial charge is 0.328 e. The monoisotopic (exact) mass is 222 g/mol. The van der Waals surface area contributed by atoms with E-state index >= 15 is 0 Å². The van der Waals surface area contributed by atoms with Crippen LogP contribution in [-0.4, -0.2) is 21.7 Å². The van der Waals surface area contributed by atoms with E-state index in [1.165, 1.54) is 0 Å². The first-order valence-corrected chi connectivity index (χ1v) is 5.35. The normalized spacial score (nSPS) is 9.27. The molecule has 6 heteroatoms. The summed E-state index contributed by atoms with van der Waals surface area (Å²) in [5.74, 6) is 0. The van der Waals surface area contributed by atoms with Gasteiger partial charge < -0.3 is 14.3 Å². The highest BCUT2D eigenvalue weighted by molar-refractivity contribution is 7.39. The average molecular weight is 223 g/mol. The maximum absolute atomic E-state index is 8.18. The standard InChI is InChI=1S/C4H11O3P.CH2Cl2/c1-2-3-4-7-8(5)6;2-1-3/h5-6H,2-4H2,1H3;1H2. The molecule has 0 aromatic carbocycles. The Labute approximate surface area is 78.3 Å². The Kier molecular flexibility index (Phi) is 17.7. The summed E-state index contributed by atoms with van der Waals surface area (Å²) in [5, 5.41) is 0.194. The third-order valence-corrected chi connectivity index (χ3v) is 1.12. The Morgan fingerprint density at radius 2 is 1.82 bits per heavy atom. The summed E-state index contributed by atoms with van der Waals surface area (Å²) in [7, 11) is -2.11. The predicted molar refractivity (Wildman–Crippen MR) is 48.8 cm³/mol. The molecule has 0 amide bonds. The van der Waals surface area contributed by atoms with Gasteiger partial charge in [-0.05, 0) is 6.42 Å². The fourth-order valence-electron chi connectivity index (χ4n) is 0.291. The number of unbranched alkanes of at least 4 members (excludes halogenated alkanes) is 1. The first-order valence-electron chi connectivity index (χ1n) is 3.11. The van der Waals surface area contributed by atoms with Gasteiger partial charge in [-0.15, -0.1) is 23.2 Å². The van der Waals surface area contributed by atoms with Crippen LogP contribution < -0.4 is 0 Å². The molecule has 0 fully saturated rings. The number of hydrogen-bond acceptors (Lipinski definition) is 3. The highest BCUT2D eigenvalue weighted by Gasteiger charge is 1.95. The van der Waals surface area contributed by atoms with Crippen LogP contribution in [0.5, 0.6) is 0 Å². The summed E-state index contributed by atoms with van der Waals surface area (Å²) in [6, 6.07) is 0. The number of alkyl halides is 2. The minimum absolute atomic E-state index is 0.194. The van der Waals surface area contributed by atoms with Crippen molar-refractivity contribution in [3.05, 3.63) is 0 Å². The van der Waals surface area contributed by atoms with Gasteiger partial charge in [-0.3, -0.25) is 0 Å². The van der Waals surface area contributed by atoms with E-state index in [1.54, 1.807) is 0 Å². The Balaban J connectivity index is 0. The van der Waals surface area contributed by atoms with Gasteiger partial charge in [-0.1, -0.05) is 13.3 Å². The average Bonchev–Trinajstić information content (AvgIpc) is 1.89. The summed E-state index contributed by atoms with van der Waals surface area (Å²) in [5.41, 5.74) is 0. The van der Waals surface area contributed by atoms with Crippen molar-refractivity contribution in [1.29, 1.82) is 0 Å². The van der Waals surface area contributed by atoms with Crippen LogP contribution in [0.1, 0.15) is 19.8 Å². The van der Waals surface area contributed by atoms with Gasteiger partial charge in [0, 0.05) is 0 Å². The molecule has 0 aliphatic carbocycles. The third-order valence-electron chi connectivity index (χ3n) is 0.705. The van der Waals surface area contributed by atoms with Crippen LogP contribution in [-0.2, 0) is 4.52 Å². The second-order valence-corrected chi connectivity index (χ2v) is 3.11. The Morgan fingerprint density at radius 1 is 1.36 bits per heavy atom. The highest BCUT2D eigenvalue weighted by Crippen LogP contribution is 2.23. The van der Waals surface area contributed by atoms with Crippen molar-refractivity contribution < 1.29 is 14.3 Å². The third kappa shape index (κ3) is 24.8. The topological polar surface area (TPSA) is 49.7 Å². The number of hydrogen-bond donors (Lipinski definition) is 2. The van der Waals surface area contributed by atoms with Crippen LogP contribution in [0.3, 0.4) is 0 Å². The Hall–Kier alpha value is 0.890. The Bertz CT molecular complexity index is 65.7. The van der Waals surface area contributed by atoms with E-state index in [2.05, 4.69) is 4.52 Å². The van der Waals surface area contributed by atoms with Gasteiger partial charge in [-0.2, -0.15) is 0 Å². The van der Waals surface area contributed by atoms with E-state index in [0.29, 0.717) is 6.61 Å². The molecular weight excluding hydrogens is 210 g/mol. The molecule has 0 aliphatic rings. The van der Waals surface area contributed by atoms with Crippen molar-refractivity contribution in [2.45, 2.75) is 19.8 Å². The molecule has 11 heavy (non-hydrogen) atoms. The van der Waals surface area contributed by atoms with Gasteiger partial charge in [0.1, 0.15) is 0 Å². The molecule has 0 bridgehead atoms. The lowest BCUT2D eigenvalue weighted by atomic mass is 10.4. The molecule has 0 aliphatic heterocycles. The van der Waals surface area contributed by atoms with E-state index in [0.717, 1.165) is 12.8 Å². The Morgan fingerprint density at radius 3 is 2.09 bits per heavy atom. The molecule has 0 aromatic rings. The van der Waals surface area contributed by atoms with Gasteiger partial charge >= 0.3 is 8.60 Å². The molecule has 2 N–H and O–H groups in total. The second-order valence-electron chi connectivity index (χ2n) is 1.54. The van der Waals surface area contributed by atoms with Crippen molar-refractivity contribution >= 4 is 31.8 Å². The fraction of sp³-hybridized carbons (Fsp3) is 1.00. The van der Waals surface area contributed by atoms with Gasteiger partial charge in [-0.25, -0.2) is 0 Å². The first-order chi connectivity index (χ1) is 5.18. The van der Waals surface area contributed by atoms with Crippen LogP contribution in [0, 0.1) is 0 Å². The second kappa shape index (κ2) is 13.5. The minimum Gasteiger partial charge on any atom is -0.328 e. The van der Waals surface area contributed by atoms with E-state index < -0.39 is 8.60 Å².